The first-order valence-corrected chi connectivity index (χ1v) is 13.7. The SMILES string of the molecule is CC[C@H](O)CNc1nc(C2CC(C)(C(N)=O)C(c3ccccc3Cl)C(c3ccc(Cl)cc3)N2)c2[nH]cnc2n1. The maximum absolute atomic E-state index is 13.3. The summed E-state index contributed by atoms with van der Waals surface area (Å²) in [6.45, 7) is 4.09. The molecular weight excluding hydrogens is 537 g/mol. The maximum atomic E-state index is 13.3. The van der Waals surface area contributed by atoms with Gasteiger partial charge in [0, 0.05) is 28.5 Å². The Labute approximate surface area is 236 Å². The fraction of sp³-hybridized carbons (Fsp3) is 0.357. The zero-order chi connectivity index (χ0) is 27.7. The van der Waals surface area contributed by atoms with Gasteiger partial charge in [0.15, 0.2) is 5.65 Å². The van der Waals surface area contributed by atoms with Crippen molar-refractivity contribution in [1.29, 1.82) is 0 Å². The predicted molar refractivity (Wildman–Crippen MR) is 153 cm³/mol. The lowest BCUT2D eigenvalue weighted by molar-refractivity contribution is -0.131. The molecule has 3 heterocycles. The number of nitrogens with one attached hydrogen (secondary N) is 3. The third-order valence-corrected chi connectivity index (χ3v) is 8.27. The molecule has 4 aromatic rings. The van der Waals surface area contributed by atoms with Gasteiger partial charge >= 0.3 is 0 Å². The summed E-state index contributed by atoms with van der Waals surface area (Å²) in [7, 11) is 0. The van der Waals surface area contributed by atoms with Crippen LogP contribution in [0.15, 0.2) is 54.9 Å². The lowest BCUT2D eigenvalue weighted by atomic mass is 9.62. The molecule has 204 valence electrons. The minimum atomic E-state index is -1.01. The van der Waals surface area contributed by atoms with Crippen molar-refractivity contribution in [3.8, 4) is 0 Å². The van der Waals surface area contributed by atoms with E-state index in [4.69, 9.17) is 33.9 Å². The Morgan fingerprint density at radius 3 is 2.64 bits per heavy atom. The summed E-state index contributed by atoms with van der Waals surface area (Å²) < 4.78 is 0. The standard InChI is InChI=1S/C28H31Cl2N7O2/c1-3-17(38)13-32-27-36-23(24-25(37-27)34-14-33-24)20-12-28(2,26(31)39)21(18-6-4-5-7-19(18)30)22(35-20)15-8-10-16(29)11-9-15/h4-11,14,17,20-22,35,38H,3,12-13H2,1-2H3,(H2,31,39)(H2,32,33,34,36,37)/t17-,20?,21?,22?,28?/m0/s1. The Hall–Kier alpha value is -3.24. The van der Waals surface area contributed by atoms with E-state index < -0.39 is 23.5 Å². The number of anilines is 1. The molecule has 9 nitrogen and oxygen atoms in total. The first-order valence-electron chi connectivity index (χ1n) is 12.9. The van der Waals surface area contributed by atoms with Gasteiger partial charge < -0.3 is 26.5 Å². The van der Waals surface area contributed by atoms with Crippen LogP contribution in [0.4, 0.5) is 5.95 Å². The van der Waals surface area contributed by atoms with E-state index >= 15 is 0 Å². The molecule has 0 saturated carbocycles. The average Bonchev–Trinajstić information content (AvgIpc) is 3.40. The zero-order valence-electron chi connectivity index (χ0n) is 21.7. The van der Waals surface area contributed by atoms with Crippen LogP contribution in [0.1, 0.15) is 61.5 Å². The molecule has 1 saturated heterocycles. The zero-order valence-corrected chi connectivity index (χ0v) is 23.2. The molecule has 6 N–H and O–H groups in total. The summed E-state index contributed by atoms with van der Waals surface area (Å²) in [6, 6.07) is 14.3. The molecule has 2 aromatic heterocycles. The Morgan fingerprint density at radius 2 is 1.95 bits per heavy atom. The highest BCUT2D eigenvalue weighted by atomic mass is 35.5. The van der Waals surface area contributed by atoms with Crippen LogP contribution in [0.3, 0.4) is 0 Å². The van der Waals surface area contributed by atoms with Crippen LogP contribution < -0.4 is 16.4 Å². The number of aliphatic hydroxyl groups is 1. The second-order valence-corrected chi connectivity index (χ2v) is 11.1. The molecule has 0 aliphatic carbocycles. The number of hydrogen-bond acceptors (Lipinski definition) is 7. The highest BCUT2D eigenvalue weighted by molar-refractivity contribution is 6.31. The minimum Gasteiger partial charge on any atom is -0.391 e. The van der Waals surface area contributed by atoms with Crippen molar-refractivity contribution >= 4 is 46.2 Å². The highest BCUT2D eigenvalue weighted by Crippen LogP contribution is 2.54. The van der Waals surface area contributed by atoms with Crippen LogP contribution in [-0.4, -0.2) is 43.6 Å². The molecule has 0 spiro atoms. The van der Waals surface area contributed by atoms with Crippen molar-refractivity contribution < 1.29 is 9.90 Å². The minimum absolute atomic E-state index is 0.297. The average molecular weight is 569 g/mol. The van der Waals surface area contributed by atoms with E-state index in [2.05, 4.69) is 25.6 Å². The van der Waals surface area contributed by atoms with Gasteiger partial charge in [-0.25, -0.2) is 9.97 Å². The molecule has 5 rings (SSSR count). The van der Waals surface area contributed by atoms with Gasteiger partial charge in [-0.1, -0.05) is 67.4 Å². The van der Waals surface area contributed by atoms with Crippen molar-refractivity contribution in [1.82, 2.24) is 25.3 Å². The summed E-state index contributed by atoms with van der Waals surface area (Å²) in [5.41, 5.74) is 8.72. The molecule has 1 amide bonds. The number of H-pyrrole nitrogens is 1. The number of benzene rings is 2. The molecule has 39 heavy (non-hydrogen) atoms. The number of amides is 1. The van der Waals surface area contributed by atoms with Crippen molar-refractivity contribution in [3.05, 3.63) is 81.7 Å². The number of aromatic amines is 1. The molecule has 1 fully saturated rings. The van der Waals surface area contributed by atoms with Crippen LogP contribution in [0.5, 0.6) is 0 Å². The molecule has 2 aromatic carbocycles. The number of nitrogens with two attached hydrogens (primary N) is 1. The molecule has 1 aliphatic rings. The van der Waals surface area contributed by atoms with E-state index in [9.17, 15) is 9.90 Å². The van der Waals surface area contributed by atoms with Gasteiger partial charge in [-0.3, -0.25) is 4.79 Å². The van der Waals surface area contributed by atoms with Gasteiger partial charge in [-0.05, 0) is 42.2 Å². The number of hydrogen-bond donors (Lipinski definition) is 5. The van der Waals surface area contributed by atoms with Gasteiger partial charge in [-0.15, -0.1) is 0 Å². The summed E-state index contributed by atoms with van der Waals surface area (Å²) in [5.74, 6) is -0.467. The lowest BCUT2D eigenvalue weighted by Gasteiger charge is -2.48. The van der Waals surface area contributed by atoms with Gasteiger partial charge in [0.1, 0.15) is 5.52 Å². The molecule has 4 unspecified atom stereocenters. The Bertz CT molecular complexity index is 1480. The second-order valence-electron chi connectivity index (χ2n) is 10.2. The third kappa shape index (κ3) is 5.32. The number of rotatable bonds is 8. The van der Waals surface area contributed by atoms with Crippen LogP contribution in [0.25, 0.3) is 11.2 Å². The number of carbonyl (C=O) groups is 1. The van der Waals surface area contributed by atoms with Crippen molar-refractivity contribution in [2.75, 3.05) is 11.9 Å². The van der Waals surface area contributed by atoms with E-state index in [1.165, 1.54) is 0 Å². The summed E-state index contributed by atoms with van der Waals surface area (Å²) in [5, 5.41) is 18.1. The van der Waals surface area contributed by atoms with Gasteiger partial charge in [0.05, 0.1) is 29.6 Å². The number of imidazole rings is 1. The predicted octanol–water partition coefficient (Wildman–Crippen LogP) is 4.89. The van der Waals surface area contributed by atoms with Crippen LogP contribution in [-0.2, 0) is 4.79 Å². The fourth-order valence-corrected chi connectivity index (χ4v) is 5.85. The highest BCUT2D eigenvalue weighted by Gasteiger charge is 2.52. The van der Waals surface area contributed by atoms with Crippen molar-refractivity contribution in [2.45, 2.75) is 50.8 Å². The number of nitrogens with zero attached hydrogens (tertiary/aromatic N) is 3. The summed E-state index contributed by atoms with van der Waals surface area (Å²) >= 11 is 12.9. The van der Waals surface area contributed by atoms with E-state index in [0.717, 1.165) is 11.1 Å². The quantitative estimate of drug-likeness (QED) is 0.204. The Kier molecular flexibility index (Phi) is 7.77. The number of piperidine rings is 1. The molecule has 0 bridgehead atoms. The number of carbonyl (C=O) groups excluding carboxylic acids is 1. The topological polar surface area (TPSA) is 142 Å². The smallest absolute Gasteiger partial charge is 0.225 e. The van der Waals surface area contributed by atoms with E-state index in [1.807, 2.05) is 62.4 Å². The Morgan fingerprint density at radius 1 is 1.21 bits per heavy atom. The normalized spacial score (nSPS) is 24.0. The molecule has 0 radical (unpaired) electrons. The first-order chi connectivity index (χ1) is 18.7. The van der Waals surface area contributed by atoms with Crippen molar-refractivity contribution in [2.24, 2.45) is 11.1 Å². The molecule has 1 aliphatic heterocycles. The van der Waals surface area contributed by atoms with E-state index in [1.54, 1.807) is 6.33 Å². The molecular formula is C28H31Cl2N7O2. The third-order valence-electron chi connectivity index (χ3n) is 7.67. The lowest BCUT2D eigenvalue weighted by Crippen LogP contribution is -2.52. The maximum Gasteiger partial charge on any atom is 0.225 e. The van der Waals surface area contributed by atoms with Crippen LogP contribution in [0.2, 0.25) is 10.0 Å². The van der Waals surface area contributed by atoms with Crippen molar-refractivity contribution in [3.63, 3.8) is 0 Å². The van der Waals surface area contributed by atoms with E-state index in [0.29, 0.717) is 52.2 Å². The number of fused-ring (bicyclic) bond motifs is 1. The van der Waals surface area contributed by atoms with E-state index in [-0.39, 0.29) is 12.0 Å². The number of halogens is 2. The second kappa shape index (κ2) is 11.1. The van der Waals surface area contributed by atoms with Gasteiger partial charge in [-0.2, -0.15) is 4.98 Å². The largest absolute Gasteiger partial charge is 0.391 e. The molecule has 5 atom stereocenters. The van der Waals surface area contributed by atoms with Crippen LogP contribution >= 0.6 is 23.2 Å². The summed E-state index contributed by atoms with van der Waals surface area (Å²) in [4.78, 5) is 30.1. The Balaban J connectivity index is 1.64. The van der Waals surface area contributed by atoms with Gasteiger partial charge in [0.2, 0.25) is 11.9 Å². The molecule has 11 heteroatoms. The van der Waals surface area contributed by atoms with Gasteiger partial charge in [0.25, 0.3) is 0 Å². The number of aromatic nitrogens is 4. The number of aliphatic hydroxyl groups excluding tert-OH is 1. The summed E-state index contributed by atoms with van der Waals surface area (Å²) in [6.07, 6.45) is 1.97. The first kappa shape index (κ1) is 27.3. The monoisotopic (exact) mass is 567 g/mol. The number of primary amides is 1. The fourth-order valence-electron chi connectivity index (χ4n) is 5.47. The van der Waals surface area contributed by atoms with Crippen LogP contribution in [0, 0.1) is 5.41 Å².